The summed E-state index contributed by atoms with van der Waals surface area (Å²) in [5, 5.41) is 8.33. The second-order valence-corrected chi connectivity index (χ2v) is 5.60. The summed E-state index contributed by atoms with van der Waals surface area (Å²) in [4.78, 5) is 0. The van der Waals surface area contributed by atoms with Gasteiger partial charge in [-0.05, 0) is 44.4 Å². The summed E-state index contributed by atoms with van der Waals surface area (Å²) in [5.74, 6) is 1.16. The van der Waals surface area contributed by atoms with Crippen LogP contribution in [0.4, 0.5) is 5.82 Å². The first kappa shape index (κ1) is 14.1. The number of anilines is 1. The quantitative estimate of drug-likeness (QED) is 0.858. The van der Waals surface area contributed by atoms with E-state index in [1.54, 1.807) is 0 Å². The van der Waals surface area contributed by atoms with Gasteiger partial charge in [0.1, 0.15) is 5.82 Å². The maximum Gasteiger partial charge on any atom is 0.133 e. The van der Waals surface area contributed by atoms with Crippen molar-refractivity contribution >= 4 is 5.82 Å². The normalized spacial score (nSPS) is 13.3. The van der Waals surface area contributed by atoms with Gasteiger partial charge in [0, 0.05) is 25.1 Å². The van der Waals surface area contributed by atoms with E-state index in [4.69, 9.17) is 9.84 Å². The van der Waals surface area contributed by atoms with Gasteiger partial charge in [-0.2, -0.15) is 5.10 Å². The van der Waals surface area contributed by atoms with Gasteiger partial charge in [-0.25, -0.2) is 4.68 Å². The fourth-order valence-electron chi connectivity index (χ4n) is 2.88. The summed E-state index contributed by atoms with van der Waals surface area (Å²) < 4.78 is 7.56. The molecule has 0 bridgehead atoms. The first-order chi connectivity index (χ1) is 10.2. The van der Waals surface area contributed by atoms with E-state index in [-0.39, 0.29) is 0 Å². The Balaban J connectivity index is 1.99. The Morgan fingerprint density at radius 2 is 2.19 bits per heavy atom. The van der Waals surface area contributed by atoms with Crippen LogP contribution in [0.15, 0.2) is 18.2 Å². The zero-order valence-electron chi connectivity index (χ0n) is 13.1. The van der Waals surface area contributed by atoms with Crippen LogP contribution in [0.2, 0.25) is 0 Å². The molecule has 0 atom stereocenters. The molecule has 0 radical (unpaired) electrons. The molecular formula is C17H23N3O. The largest absolute Gasteiger partial charge is 0.381 e. The number of hydrogen-bond acceptors (Lipinski definition) is 3. The third-order valence-corrected chi connectivity index (χ3v) is 4.01. The van der Waals surface area contributed by atoms with E-state index in [9.17, 15) is 0 Å². The van der Waals surface area contributed by atoms with E-state index in [0.29, 0.717) is 0 Å². The van der Waals surface area contributed by atoms with Gasteiger partial charge in [-0.3, -0.25) is 0 Å². The molecule has 4 nitrogen and oxygen atoms in total. The number of benzene rings is 1. The van der Waals surface area contributed by atoms with Crippen molar-refractivity contribution in [2.24, 2.45) is 0 Å². The van der Waals surface area contributed by atoms with Crippen molar-refractivity contribution in [2.75, 3.05) is 25.1 Å². The highest BCUT2D eigenvalue weighted by molar-refractivity contribution is 5.58. The molecule has 1 N–H and O–H groups in total. The average Bonchev–Trinajstić information content (AvgIpc) is 3.05. The van der Waals surface area contributed by atoms with Crippen molar-refractivity contribution in [1.82, 2.24) is 9.78 Å². The molecule has 1 aromatic carbocycles. The summed E-state index contributed by atoms with van der Waals surface area (Å²) >= 11 is 0. The van der Waals surface area contributed by atoms with Crippen LogP contribution in [0.5, 0.6) is 0 Å². The lowest BCUT2D eigenvalue weighted by Gasteiger charge is -2.10. The Hall–Kier alpha value is -1.81. The van der Waals surface area contributed by atoms with E-state index in [0.717, 1.165) is 38.4 Å². The SMILES string of the molecule is CCOCCc1nn(-c2cc(C)ccc2C)c2c1CCN2. The van der Waals surface area contributed by atoms with E-state index in [1.165, 1.54) is 28.1 Å². The standard InChI is InChI=1S/C17H23N3O/c1-4-21-10-8-15-14-7-9-18-17(14)20(19-15)16-11-12(2)5-6-13(16)3/h5-6,11,18H,4,7-10H2,1-3H3. The lowest BCUT2D eigenvalue weighted by atomic mass is 10.1. The van der Waals surface area contributed by atoms with Crippen LogP contribution in [-0.4, -0.2) is 29.5 Å². The first-order valence-electron chi connectivity index (χ1n) is 7.70. The van der Waals surface area contributed by atoms with Crippen LogP contribution in [0.25, 0.3) is 5.69 Å². The lowest BCUT2D eigenvalue weighted by molar-refractivity contribution is 0.150. The topological polar surface area (TPSA) is 39.1 Å². The molecule has 112 valence electrons. The third-order valence-electron chi connectivity index (χ3n) is 4.01. The maximum absolute atomic E-state index is 5.49. The van der Waals surface area contributed by atoms with E-state index in [2.05, 4.69) is 42.0 Å². The molecule has 0 saturated heterocycles. The fourth-order valence-corrected chi connectivity index (χ4v) is 2.88. The van der Waals surface area contributed by atoms with Crippen LogP contribution < -0.4 is 5.32 Å². The molecule has 0 amide bonds. The Kier molecular flexibility index (Phi) is 3.97. The maximum atomic E-state index is 5.49. The molecule has 21 heavy (non-hydrogen) atoms. The highest BCUT2D eigenvalue weighted by atomic mass is 16.5. The number of rotatable bonds is 5. The van der Waals surface area contributed by atoms with E-state index < -0.39 is 0 Å². The van der Waals surface area contributed by atoms with Gasteiger partial charge in [-0.1, -0.05) is 12.1 Å². The van der Waals surface area contributed by atoms with Gasteiger partial charge in [0.05, 0.1) is 18.0 Å². The van der Waals surface area contributed by atoms with Gasteiger partial charge in [0.25, 0.3) is 0 Å². The second kappa shape index (κ2) is 5.90. The van der Waals surface area contributed by atoms with Crippen LogP contribution >= 0.6 is 0 Å². The van der Waals surface area contributed by atoms with Crippen LogP contribution in [-0.2, 0) is 17.6 Å². The molecule has 3 rings (SSSR count). The van der Waals surface area contributed by atoms with Crippen molar-refractivity contribution < 1.29 is 4.74 Å². The average molecular weight is 285 g/mol. The molecule has 1 aromatic heterocycles. The second-order valence-electron chi connectivity index (χ2n) is 5.60. The van der Waals surface area contributed by atoms with Crippen molar-refractivity contribution in [2.45, 2.75) is 33.6 Å². The summed E-state index contributed by atoms with van der Waals surface area (Å²) in [5.41, 5.74) is 6.20. The van der Waals surface area contributed by atoms with Gasteiger partial charge in [-0.15, -0.1) is 0 Å². The van der Waals surface area contributed by atoms with Crippen LogP contribution in [0.3, 0.4) is 0 Å². The first-order valence-corrected chi connectivity index (χ1v) is 7.70. The zero-order chi connectivity index (χ0) is 14.8. The van der Waals surface area contributed by atoms with Crippen molar-refractivity contribution in [1.29, 1.82) is 0 Å². The Morgan fingerprint density at radius 1 is 1.33 bits per heavy atom. The molecule has 2 aromatic rings. The van der Waals surface area contributed by atoms with Crippen molar-refractivity contribution in [3.05, 3.63) is 40.6 Å². The lowest BCUT2D eigenvalue weighted by Crippen LogP contribution is -2.07. The minimum absolute atomic E-state index is 0.743. The Bertz CT molecular complexity index is 646. The Labute approximate surface area is 126 Å². The van der Waals surface area contributed by atoms with Gasteiger partial charge >= 0.3 is 0 Å². The molecule has 0 unspecified atom stereocenters. The number of hydrogen-bond donors (Lipinski definition) is 1. The highest BCUT2D eigenvalue weighted by Gasteiger charge is 2.23. The van der Waals surface area contributed by atoms with Crippen LogP contribution in [0.1, 0.15) is 29.3 Å². The number of nitrogens with zero attached hydrogens (tertiary/aromatic N) is 2. The number of fused-ring (bicyclic) bond motifs is 1. The number of aromatic nitrogens is 2. The molecule has 1 aliphatic heterocycles. The monoisotopic (exact) mass is 285 g/mol. The zero-order valence-corrected chi connectivity index (χ0v) is 13.1. The minimum atomic E-state index is 0.743. The minimum Gasteiger partial charge on any atom is -0.381 e. The highest BCUT2D eigenvalue weighted by Crippen LogP contribution is 2.30. The number of nitrogens with one attached hydrogen (secondary N) is 1. The fraction of sp³-hybridized carbons (Fsp3) is 0.471. The van der Waals surface area contributed by atoms with Gasteiger partial charge in [0.15, 0.2) is 0 Å². The van der Waals surface area contributed by atoms with Crippen molar-refractivity contribution in [3.8, 4) is 5.69 Å². The predicted octanol–water partition coefficient (Wildman–Crippen LogP) is 3.04. The number of ether oxygens (including phenoxy) is 1. The number of aryl methyl sites for hydroxylation is 2. The predicted molar refractivity (Wildman–Crippen MR) is 85.4 cm³/mol. The summed E-state index contributed by atoms with van der Waals surface area (Å²) in [7, 11) is 0. The van der Waals surface area contributed by atoms with Gasteiger partial charge < -0.3 is 10.1 Å². The summed E-state index contributed by atoms with van der Waals surface area (Å²) in [6.07, 6.45) is 1.94. The molecular weight excluding hydrogens is 262 g/mol. The van der Waals surface area contributed by atoms with Gasteiger partial charge in [0.2, 0.25) is 0 Å². The Morgan fingerprint density at radius 3 is 3.00 bits per heavy atom. The van der Waals surface area contributed by atoms with E-state index >= 15 is 0 Å². The summed E-state index contributed by atoms with van der Waals surface area (Å²) in [6.45, 7) is 8.79. The molecule has 0 saturated carbocycles. The molecule has 0 fully saturated rings. The third kappa shape index (κ3) is 2.68. The van der Waals surface area contributed by atoms with E-state index in [1.807, 2.05) is 6.92 Å². The molecule has 1 aliphatic rings. The summed E-state index contributed by atoms with van der Waals surface area (Å²) in [6, 6.07) is 6.51. The molecule has 2 heterocycles. The molecule has 4 heteroatoms. The molecule has 0 spiro atoms. The van der Waals surface area contributed by atoms with Crippen LogP contribution in [0, 0.1) is 13.8 Å². The smallest absolute Gasteiger partial charge is 0.133 e. The van der Waals surface area contributed by atoms with Crippen molar-refractivity contribution in [3.63, 3.8) is 0 Å². The molecule has 0 aliphatic carbocycles.